The van der Waals surface area contributed by atoms with Gasteiger partial charge in [0.2, 0.25) is 0 Å². The van der Waals surface area contributed by atoms with Crippen LogP contribution < -0.4 is 4.74 Å². The summed E-state index contributed by atoms with van der Waals surface area (Å²) in [6.45, 7) is 4.27. The number of carbonyl (C=O) groups is 1. The van der Waals surface area contributed by atoms with E-state index in [4.69, 9.17) is 21.4 Å². The lowest BCUT2D eigenvalue weighted by atomic mass is 10.0. The molecule has 0 amide bonds. The number of benzene rings is 1. The topological polar surface area (TPSA) is 77.2 Å². The summed E-state index contributed by atoms with van der Waals surface area (Å²) >= 11 is 6.18. The van der Waals surface area contributed by atoms with Crippen molar-refractivity contribution in [3.05, 3.63) is 70.1 Å². The summed E-state index contributed by atoms with van der Waals surface area (Å²) in [7, 11) is 0. The van der Waals surface area contributed by atoms with E-state index in [0.29, 0.717) is 41.6 Å². The number of hydrogen-bond donors (Lipinski definition) is 1. The molecule has 0 aliphatic carbocycles. The molecule has 2 aromatic heterocycles. The zero-order valence-corrected chi connectivity index (χ0v) is 18.8. The first-order valence-electron chi connectivity index (χ1n) is 10.3. The summed E-state index contributed by atoms with van der Waals surface area (Å²) in [5.41, 5.74) is 1.43. The van der Waals surface area contributed by atoms with Crippen molar-refractivity contribution in [3.8, 4) is 11.6 Å². The van der Waals surface area contributed by atoms with E-state index in [1.807, 2.05) is 13.8 Å². The van der Waals surface area contributed by atoms with Gasteiger partial charge >= 0.3 is 12.1 Å². The second kappa shape index (κ2) is 10.2. The van der Waals surface area contributed by atoms with Crippen LogP contribution in [0.3, 0.4) is 0 Å². The molecule has 0 aliphatic heterocycles. The molecule has 0 saturated carbocycles. The zero-order valence-electron chi connectivity index (χ0n) is 18.1. The molecule has 3 aromatic rings. The van der Waals surface area contributed by atoms with Gasteiger partial charge < -0.3 is 9.84 Å². The highest BCUT2D eigenvalue weighted by Crippen LogP contribution is 2.30. The number of pyridine rings is 1. The molecule has 176 valence electrons. The Morgan fingerprint density at radius 3 is 2.58 bits per heavy atom. The molecule has 0 bridgehead atoms. The van der Waals surface area contributed by atoms with Crippen LogP contribution in [-0.2, 0) is 23.8 Å². The average Bonchev–Trinajstić information content (AvgIpc) is 3.16. The van der Waals surface area contributed by atoms with Crippen LogP contribution >= 0.6 is 11.6 Å². The van der Waals surface area contributed by atoms with Gasteiger partial charge in [-0.25, -0.2) is 9.67 Å². The number of carboxylic acid groups (broad SMARTS) is 1. The molecule has 0 spiro atoms. The van der Waals surface area contributed by atoms with Gasteiger partial charge in [0.1, 0.15) is 5.75 Å². The van der Waals surface area contributed by atoms with Gasteiger partial charge in [0, 0.05) is 18.0 Å². The van der Waals surface area contributed by atoms with Gasteiger partial charge in [0.05, 0.1) is 29.3 Å². The number of aryl methyl sites for hydroxylation is 1. The highest BCUT2D eigenvalue weighted by Gasteiger charge is 2.30. The predicted octanol–water partition coefficient (Wildman–Crippen LogP) is 5.70. The maximum atomic E-state index is 12.8. The first-order valence-corrected chi connectivity index (χ1v) is 10.7. The zero-order chi connectivity index (χ0) is 24.2. The summed E-state index contributed by atoms with van der Waals surface area (Å²) in [5.74, 6) is -0.229. The Labute approximate surface area is 194 Å². The average molecular weight is 482 g/mol. The summed E-state index contributed by atoms with van der Waals surface area (Å²) in [5, 5.41) is 13.9. The van der Waals surface area contributed by atoms with E-state index in [-0.39, 0.29) is 12.3 Å². The lowest BCUT2D eigenvalue weighted by Crippen LogP contribution is -2.07. The van der Waals surface area contributed by atoms with Crippen LogP contribution in [0, 0.1) is 0 Å². The van der Waals surface area contributed by atoms with Crippen molar-refractivity contribution in [3.63, 3.8) is 0 Å². The van der Waals surface area contributed by atoms with Crippen LogP contribution in [0.25, 0.3) is 5.82 Å². The van der Waals surface area contributed by atoms with Gasteiger partial charge in [0.25, 0.3) is 0 Å². The summed E-state index contributed by atoms with van der Waals surface area (Å²) in [6.07, 6.45) is -0.888. The van der Waals surface area contributed by atoms with Crippen LogP contribution in [-0.4, -0.2) is 32.4 Å². The fourth-order valence-electron chi connectivity index (χ4n) is 3.36. The number of carboxylic acids is 1. The van der Waals surface area contributed by atoms with Crippen molar-refractivity contribution >= 4 is 17.6 Å². The molecule has 2 heterocycles. The lowest BCUT2D eigenvalue weighted by Gasteiger charge is -2.12. The molecule has 1 aromatic carbocycles. The Morgan fingerprint density at radius 1 is 1.21 bits per heavy atom. The number of nitrogens with zero attached hydrogens (tertiary/aromatic N) is 3. The van der Waals surface area contributed by atoms with E-state index in [9.17, 15) is 18.0 Å². The third-order valence-electron chi connectivity index (χ3n) is 4.91. The molecule has 0 radical (unpaired) electrons. The summed E-state index contributed by atoms with van der Waals surface area (Å²) < 4.78 is 45.6. The maximum absolute atomic E-state index is 12.8. The van der Waals surface area contributed by atoms with Crippen LogP contribution in [0.15, 0.2) is 42.7 Å². The molecule has 33 heavy (non-hydrogen) atoms. The van der Waals surface area contributed by atoms with E-state index in [1.54, 1.807) is 24.4 Å². The van der Waals surface area contributed by atoms with Crippen molar-refractivity contribution in [2.75, 3.05) is 6.61 Å². The van der Waals surface area contributed by atoms with Crippen LogP contribution in [0.2, 0.25) is 5.02 Å². The Hall–Kier alpha value is -3.07. The van der Waals surface area contributed by atoms with Gasteiger partial charge in [-0.15, -0.1) is 0 Å². The lowest BCUT2D eigenvalue weighted by molar-refractivity contribution is -0.138. The quantitative estimate of drug-likeness (QED) is 0.396. The second-order valence-electron chi connectivity index (χ2n) is 7.79. The Balaban J connectivity index is 1.70. The summed E-state index contributed by atoms with van der Waals surface area (Å²) in [6, 6.07) is 7.23. The van der Waals surface area contributed by atoms with Gasteiger partial charge in [0.15, 0.2) is 5.82 Å². The molecule has 6 nitrogen and oxygen atoms in total. The number of alkyl halides is 3. The fourth-order valence-corrected chi connectivity index (χ4v) is 3.61. The molecular formula is C23H23ClF3N3O3. The van der Waals surface area contributed by atoms with Crippen molar-refractivity contribution in [2.24, 2.45) is 0 Å². The molecular weight excluding hydrogens is 459 g/mol. The van der Waals surface area contributed by atoms with Crippen molar-refractivity contribution < 1.29 is 27.8 Å². The fraction of sp³-hybridized carbons (Fsp3) is 0.348. The third-order valence-corrected chi connectivity index (χ3v) is 5.20. The van der Waals surface area contributed by atoms with Crippen LogP contribution in [0.4, 0.5) is 13.2 Å². The minimum absolute atomic E-state index is 0.0994. The van der Waals surface area contributed by atoms with E-state index < -0.39 is 17.7 Å². The third kappa shape index (κ3) is 6.25. The second-order valence-corrected chi connectivity index (χ2v) is 8.20. The molecule has 10 heteroatoms. The number of ether oxygens (including phenoxy) is 1. The Morgan fingerprint density at radius 2 is 1.97 bits per heavy atom. The Bertz CT molecular complexity index is 1110. The minimum Gasteiger partial charge on any atom is -0.492 e. The van der Waals surface area contributed by atoms with Crippen LogP contribution in [0.1, 0.15) is 48.6 Å². The number of halogens is 4. The molecule has 0 saturated heterocycles. The normalized spacial score (nSPS) is 11.7. The maximum Gasteiger partial charge on any atom is 0.417 e. The highest BCUT2D eigenvalue weighted by molar-refractivity contribution is 6.32. The number of aromatic nitrogens is 3. The first-order chi connectivity index (χ1) is 15.6. The van der Waals surface area contributed by atoms with E-state index >= 15 is 0 Å². The molecule has 1 N–H and O–H groups in total. The minimum atomic E-state index is -4.45. The number of aliphatic carboxylic acids is 1. The number of rotatable bonds is 9. The summed E-state index contributed by atoms with van der Waals surface area (Å²) in [4.78, 5) is 15.0. The van der Waals surface area contributed by atoms with E-state index in [2.05, 4.69) is 10.1 Å². The van der Waals surface area contributed by atoms with Crippen molar-refractivity contribution in [1.82, 2.24) is 14.8 Å². The predicted molar refractivity (Wildman–Crippen MR) is 117 cm³/mol. The molecule has 0 aliphatic rings. The Kier molecular flexibility index (Phi) is 7.63. The van der Waals surface area contributed by atoms with Gasteiger partial charge in [-0.1, -0.05) is 37.6 Å². The van der Waals surface area contributed by atoms with Gasteiger partial charge in [-0.2, -0.15) is 18.3 Å². The highest BCUT2D eigenvalue weighted by atomic mass is 35.5. The molecule has 0 unspecified atom stereocenters. The van der Waals surface area contributed by atoms with Crippen molar-refractivity contribution in [1.29, 1.82) is 0 Å². The molecule has 0 fully saturated rings. The van der Waals surface area contributed by atoms with Gasteiger partial charge in [-0.05, 0) is 42.5 Å². The van der Waals surface area contributed by atoms with Crippen molar-refractivity contribution in [2.45, 2.75) is 45.2 Å². The van der Waals surface area contributed by atoms with E-state index in [0.717, 1.165) is 23.5 Å². The van der Waals surface area contributed by atoms with E-state index in [1.165, 1.54) is 10.7 Å². The van der Waals surface area contributed by atoms with Gasteiger partial charge in [-0.3, -0.25) is 4.79 Å². The first kappa shape index (κ1) is 24.6. The monoisotopic (exact) mass is 481 g/mol. The largest absolute Gasteiger partial charge is 0.492 e. The smallest absolute Gasteiger partial charge is 0.417 e. The molecule has 0 atom stereocenters. The number of para-hydroxylation sites is 1. The standard InChI is InChI=1S/C23H23ClF3N3O3/c1-14(2)21-16(13-30(29-21)19-9-8-17(12-28-19)23(25,26)27)6-4-10-33-22-15(11-20(31)32)5-3-7-18(22)24/h3,5,7-9,12-14H,4,6,10-11H2,1-2H3,(H,31,32). The number of hydrogen-bond acceptors (Lipinski definition) is 4. The van der Waals surface area contributed by atoms with Crippen LogP contribution in [0.5, 0.6) is 5.75 Å². The SMILES string of the molecule is CC(C)c1nn(-c2ccc(C(F)(F)F)cn2)cc1CCCOc1c(Cl)cccc1CC(=O)O. The molecule has 3 rings (SSSR count).